The van der Waals surface area contributed by atoms with E-state index >= 15 is 0 Å². The molecule has 1 amide bonds. The molecule has 2 N–H and O–H groups in total. The summed E-state index contributed by atoms with van der Waals surface area (Å²) in [6, 6.07) is 3.85. The molecule has 0 saturated carbocycles. The number of aromatic hydroxyl groups is 1. The molecule has 0 bridgehead atoms. The Morgan fingerprint density at radius 2 is 2.38 bits per heavy atom. The lowest BCUT2D eigenvalue weighted by Gasteiger charge is -2.11. The van der Waals surface area contributed by atoms with Crippen molar-refractivity contribution in [2.75, 3.05) is 0 Å². The van der Waals surface area contributed by atoms with Crippen LogP contribution in [0, 0.1) is 12.3 Å². The Kier molecular flexibility index (Phi) is 4.21. The number of phenols is 1. The van der Waals surface area contributed by atoms with Crippen LogP contribution in [-0.4, -0.2) is 17.1 Å². The van der Waals surface area contributed by atoms with Crippen LogP contribution in [0.4, 0.5) is 0 Å². The molecule has 0 aliphatic carbocycles. The van der Waals surface area contributed by atoms with Crippen molar-refractivity contribution >= 4 is 17.5 Å². The first-order valence-corrected chi connectivity index (χ1v) is 5.21. The summed E-state index contributed by atoms with van der Waals surface area (Å²) in [6.07, 6.45) is 5.87. The summed E-state index contributed by atoms with van der Waals surface area (Å²) in [5.74, 6) is 2.05. The van der Waals surface area contributed by atoms with E-state index < -0.39 is 0 Å². The Hall–Kier alpha value is -1.66. The summed E-state index contributed by atoms with van der Waals surface area (Å²) in [5, 5.41) is 12.2. The van der Waals surface area contributed by atoms with Crippen molar-refractivity contribution in [1.29, 1.82) is 0 Å². The normalized spacial score (nSPS) is 11.6. The molecule has 1 aromatic rings. The molecule has 1 unspecified atom stereocenters. The summed E-state index contributed by atoms with van der Waals surface area (Å²) in [4.78, 5) is 11.7. The van der Waals surface area contributed by atoms with Crippen molar-refractivity contribution in [3.8, 4) is 18.1 Å². The van der Waals surface area contributed by atoms with Gasteiger partial charge in [0.15, 0.2) is 0 Å². The van der Waals surface area contributed by atoms with Gasteiger partial charge in [0, 0.05) is 0 Å². The zero-order valence-corrected chi connectivity index (χ0v) is 9.58. The van der Waals surface area contributed by atoms with Gasteiger partial charge in [-0.15, -0.1) is 6.42 Å². The fraction of sp³-hybridized carbons (Fsp3) is 0.250. The highest BCUT2D eigenvalue weighted by Gasteiger charge is 2.13. The zero-order chi connectivity index (χ0) is 12.1. The lowest BCUT2D eigenvalue weighted by molar-refractivity contribution is 0.0945. The largest absolute Gasteiger partial charge is 0.508 e. The summed E-state index contributed by atoms with van der Waals surface area (Å²) in [7, 11) is 0. The number of terminal acetylenes is 1. The van der Waals surface area contributed by atoms with Crippen molar-refractivity contribution in [2.24, 2.45) is 0 Å². The molecule has 3 nitrogen and oxygen atoms in total. The molecule has 0 aliphatic rings. The summed E-state index contributed by atoms with van der Waals surface area (Å²) in [5.41, 5.74) is 0.218. The van der Waals surface area contributed by atoms with Gasteiger partial charge in [0.2, 0.25) is 0 Å². The van der Waals surface area contributed by atoms with Crippen LogP contribution in [0.15, 0.2) is 18.2 Å². The molecule has 0 heterocycles. The van der Waals surface area contributed by atoms with Crippen LogP contribution in [-0.2, 0) is 0 Å². The third-order valence-electron chi connectivity index (χ3n) is 2.11. The highest BCUT2D eigenvalue weighted by Crippen LogP contribution is 2.21. The minimum Gasteiger partial charge on any atom is -0.508 e. The van der Waals surface area contributed by atoms with E-state index in [0.717, 1.165) is 0 Å². The van der Waals surface area contributed by atoms with E-state index in [9.17, 15) is 9.90 Å². The Labute approximate surface area is 99.4 Å². The number of carbonyl (C=O) groups excluding carboxylic acids is 1. The first kappa shape index (κ1) is 12.4. The standard InChI is InChI=1S/C12H12ClNO2/c1-3-8(4-2)14-12(16)10-7-9(15)5-6-11(10)13/h1,5-8,15H,4H2,2H3,(H,14,16). The molecular weight excluding hydrogens is 226 g/mol. The van der Waals surface area contributed by atoms with E-state index in [1.165, 1.54) is 18.2 Å². The Bertz CT molecular complexity index is 437. The highest BCUT2D eigenvalue weighted by molar-refractivity contribution is 6.33. The first-order valence-electron chi connectivity index (χ1n) is 4.84. The third kappa shape index (κ3) is 2.91. The average Bonchev–Trinajstić information content (AvgIpc) is 2.28. The van der Waals surface area contributed by atoms with E-state index in [1.807, 2.05) is 6.92 Å². The Morgan fingerprint density at radius 3 is 2.94 bits per heavy atom. The minimum absolute atomic E-state index is 0.0108. The van der Waals surface area contributed by atoms with Gasteiger partial charge in [-0.3, -0.25) is 4.79 Å². The second-order valence-electron chi connectivity index (χ2n) is 3.27. The van der Waals surface area contributed by atoms with Gasteiger partial charge in [-0.1, -0.05) is 24.4 Å². The third-order valence-corrected chi connectivity index (χ3v) is 2.44. The summed E-state index contributed by atoms with van der Waals surface area (Å²) < 4.78 is 0. The molecular formula is C12H12ClNO2. The molecule has 0 saturated heterocycles. The lowest BCUT2D eigenvalue weighted by Crippen LogP contribution is -2.33. The Balaban J connectivity index is 2.89. The van der Waals surface area contributed by atoms with E-state index in [1.54, 1.807) is 0 Å². The maximum atomic E-state index is 11.7. The summed E-state index contributed by atoms with van der Waals surface area (Å²) in [6.45, 7) is 1.87. The number of nitrogens with one attached hydrogen (secondary N) is 1. The number of hydrogen-bond donors (Lipinski definition) is 2. The van der Waals surface area contributed by atoms with Gasteiger partial charge in [-0.25, -0.2) is 0 Å². The van der Waals surface area contributed by atoms with Crippen molar-refractivity contribution < 1.29 is 9.90 Å². The molecule has 0 aromatic heterocycles. The highest BCUT2D eigenvalue weighted by atomic mass is 35.5. The second-order valence-corrected chi connectivity index (χ2v) is 3.67. The number of benzene rings is 1. The van der Waals surface area contributed by atoms with Gasteiger partial charge in [0.05, 0.1) is 16.6 Å². The molecule has 0 radical (unpaired) electrons. The molecule has 0 spiro atoms. The van der Waals surface area contributed by atoms with Gasteiger partial charge < -0.3 is 10.4 Å². The van der Waals surface area contributed by atoms with Gasteiger partial charge >= 0.3 is 0 Å². The van der Waals surface area contributed by atoms with Crippen molar-refractivity contribution in [1.82, 2.24) is 5.32 Å². The van der Waals surface area contributed by atoms with Crippen LogP contribution in [0.3, 0.4) is 0 Å². The number of halogens is 1. The van der Waals surface area contributed by atoms with Crippen molar-refractivity contribution in [2.45, 2.75) is 19.4 Å². The van der Waals surface area contributed by atoms with Crippen LogP contribution in [0.2, 0.25) is 5.02 Å². The minimum atomic E-state index is -0.384. The van der Waals surface area contributed by atoms with Gasteiger partial charge in [0.1, 0.15) is 5.75 Å². The predicted octanol–water partition coefficient (Wildman–Crippen LogP) is 2.19. The molecule has 1 aromatic carbocycles. The maximum absolute atomic E-state index is 11.7. The molecule has 16 heavy (non-hydrogen) atoms. The first-order chi connectivity index (χ1) is 7.58. The van der Waals surface area contributed by atoms with E-state index in [2.05, 4.69) is 11.2 Å². The molecule has 0 fully saturated rings. The molecule has 1 rings (SSSR count). The zero-order valence-electron chi connectivity index (χ0n) is 8.83. The quantitative estimate of drug-likeness (QED) is 0.792. The lowest BCUT2D eigenvalue weighted by atomic mass is 10.1. The molecule has 4 heteroatoms. The van der Waals surface area contributed by atoms with E-state index in [4.69, 9.17) is 18.0 Å². The number of carbonyl (C=O) groups is 1. The van der Waals surface area contributed by atoms with E-state index in [-0.39, 0.29) is 28.3 Å². The van der Waals surface area contributed by atoms with Crippen LogP contribution >= 0.6 is 11.6 Å². The van der Waals surface area contributed by atoms with Crippen LogP contribution in [0.25, 0.3) is 0 Å². The summed E-state index contributed by atoms with van der Waals surface area (Å²) >= 11 is 5.84. The topological polar surface area (TPSA) is 49.3 Å². The van der Waals surface area contributed by atoms with Gasteiger partial charge in [0.25, 0.3) is 5.91 Å². The fourth-order valence-corrected chi connectivity index (χ4v) is 1.39. The smallest absolute Gasteiger partial charge is 0.253 e. The van der Waals surface area contributed by atoms with Gasteiger partial charge in [-0.05, 0) is 24.6 Å². The second kappa shape index (κ2) is 5.43. The molecule has 0 aliphatic heterocycles. The van der Waals surface area contributed by atoms with E-state index in [0.29, 0.717) is 6.42 Å². The number of amides is 1. The van der Waals surface area contributed by atoms with Crippen LogP contribution in [0.5, 0.6) is 5.75 Å². The SMILES string of the molecule is C#CC(CC)NC(=O)c1cc(O)ccc1Cl. The number of hydrogen-bond acceptors (Lipinski definition) is 2. The van der Waals surface area contributed by atoms with Crippen LogP contribution < -0.4 is 5.32 Å². The predicted molar refractivity (Wildman–Crippen MR) is 63.5 cm³/mol. The van der Waals surface area contributed by atoms with Crippen molar-refractivity contribution in [3.05, 3.63) is 28.8 Å². The fourth-order valence-electron chi connectivity index (χ4n) is 1.18. The van der Waals surface area contributed by atoms with Crippen molar-refractivity contribution in [3.63, 3.8) is 0 Å². The van der Waals surface area contributed by atoms with Gasteiger partial charge in [-0.2, -0.15) is 0 Å². The Morgan fingerprint density at radius 1 is 1.69 bits per heavy atom. The number of phenolic OH excluding ortho intramolecular Hbond substituents is 1. The molecule has 1 atom stereocenters. The molecule has 84 valence electrons. The monoisotopic (exact) mass is 237 g/mol. The number of rotatable bonds is 3. The maximum Gasteiger partial charge on any atom is 0.253 e. The average molecular weight is 238 g/mol. The van der Waals surface area contributed by atoms with Crippen LogP contribution in [0.1, 0.15) is 23.7 Å².